The van der Waals surface area contributed by atoms with Crippen molar-refractivity contribution in [2.45, 2.75) is 18.9 Å². The minimum Gasteiger partial charge on any atom is -0.349 e. The number of nitrogens with one attached hydrogen (secondary N) is 2. The fourth-order valence-electron chi connectivity index (χ4n) is 3.00. The van der Waals surface area contributed by atoms with Gasteiger partial charge in [-0.2, -0.15) is 0 Å². The Balaban J connectivity index is 1.41. The Kier molecular flexibility index (Phi) is 6.14. The Hall–Kier alpha value is -3.22. The Morgan fingerprint density at radius 2 is 1.56 bits per heavy atom. The van der Waals surface area contributed by atoms with E-state index in [2.05, 4.69) is 15.6 Å². The zero-order chi connectivity index (χ0) is 19.1. The lowest BCUT2D eigenvalue weighted by Crippen LogP contribution is -2.49. The molecular formula is C20H22N4O3. The van der Waals surface area contributed by atoms with Crippen LogP contribution in [0, 0.1) is 0 Å². The van der Waals surface area contributed by atoms with Gasteiger partial charge in [0, 0.05) is 42.7 Å². The molecule has 1 aliphatic heterocycles. The summed E-state index contributed by atoms with van der Waals surface area (Å²) in [5.41, 5.74) is 1.11. The van der Waals surface area contributed by atoms with Crippen molar-refractivity contribution < 1.29 is 14.4 Å². The maximum atomic E-state index is 12.3. The molecule has 0 atom stereocenters. The number of hydrogen-bond donors (Lipinski definition) is 2. The van der Waals surface area contributed by atoms with Gasteiger partial charge in [0.25, 0.3) is 11.8 Å². The minimum atomic E-state index is -0.261. The number of pyridine rings is 1. The highest BCUT2D eigenvalue weighted by Crippen LogP contribution is 2.11. The molecule has 0 spiro atoms. The monoisotopic (exact) mass is 366 g/mol. The van der Waals surface area contributed by atoms with Crippen molar-refractivity contribution in [2.24, 2.45) is 0 Å². The fourth-order valence-corrected chi connectivity index (χ4v) is 3.00. The van der Waals surface area contributed by atoms with Crippen LogP contribution in [0.25, 0.3) is 0 Å². The third-order valence-electron chi connectivity index (χ3n) is 4.56. The van der Waals surface area contributed by atoms with E-state index in [0.29, 0.717) is 37.1 Å². The van der Waals surface area contributed by atoms with Crippen LogP contribution < -0.4 is 10.6 Å². The number of piperidine rings is 1. The SMILES string of the molecule is O=C(NCC(=O)N1CCC(NC(=O)c2ccncc2)CC1)c1ccccc1. The summed E-state index contributed by atoms with van der Waals surface area (Å²) in [7, 11) is 0. The number of carbonyl (C=O) groups is 3. The van der Waals surface area contributed by atoms with E-state index in [1.165, 1.54) is 0 Å². The van der Waals surface area contributed by atoms with Crippen molar-refractivity contribution in [1.29, 1.82) is 0 Å². The van der Waals surface area contributed by atoms with Crippen LogP contribution in [0.2, 0.25) is 0 Å². The standard InChI is InChI=1S/C20H22N4O3/c25-18(14-22-19(26)15-4-2-1-3-5-15)24-12-8-17(9-13-24)23-20(27)16-6-10-21-11-7-16/h1-7,10-11,17H,8-9,12-14H2,(H,22,26)(H,23,27). The van der Waals surface area contributed by atoms with Gasteiger partial charge in [-0.15, -0.1) is 0 Å². The molecule has 1 aromatic carbocycles. The Morgan fingerprint density at radius 3 is 2.22 bits per heavy atom. The van der Waals surface area contributed by atoms with Crippen LogP contribution in [0.3, 0.4) is 0 Å². The van der Waals surface area contributed by atoms with E-state index in [1.54, 1.807) is 53.7 Å². The number of amides is 3. The van der Waals surface area contributed by atoms with Crippen LogP contribution in [-0.2, 0) is 4.79 Å². The summed E-state index contributed by atoms with van der Waals surface area (Å²) in [6, 6.07) is 12.2. The maximum absolute atomic E-state index is 12.3. The molecule has 3 rings (SSSR count). The van der Waals surface area contributed by atoms with E-state index in [9.17, 15) is 14.4 Å². The van der Waals surface area contributed by atoms with Crippen molar-refractivity contribution in [3.63, 3.8) is 0 Å². The van der Waals surface area contributed by atoms with Gasteiger partial charge in [0.05, 0.1) is 6.54 Å². The van der Waals surface area contributed by atoms with Gasteiger partial charge in [0.2, 0.25) is 5.91 Å². The van der Waals surface area contributed by atoms with E-state index in [-0.39, 0.29) is 30.3 Å². The van der Waals surface area contributed by atoms with Crippen molar-refractivity contribution >= 4 is 17.7 Å². The number of benzene rings is 1. The molecule has 7 heteroatoms. The van der Waals surface area contributed by atoms with Crippen LogP contribution in [0.4, 0.5) is 0 Å². The molecule has 2 N–H and O–H groups in total. The van der Waals surface area contributed by atoms with Gasteiger partial charge in [-0.3, -0.25) is 19.4 Å². The molecule has 2 heterocycles. The van der Waals surface area contributed by atoms with Crippen LogP contribution in [0.5, 0.6) is 0 Å². The zero-order valence-electron chi connectivity index (χ0n) is 14.9. The third-order valence-corrected chi connectivity index (χ3v) is 4.56. The number of hydrogen-bond acceptors (Lipinski definition) is 4. The van der Waals surface area contributed by atoms with Gasteiger partial charge >= 0.3 is 0 Å². The Morgan fingerprint density at radius 1 is 0.926 bits per heavy atom. The molecule has 27 heavy (non-hydrogen) atoms. The first-order chi connectivity index (χ1) is 13.1. The lowest BCUT2D eigenvalue weighted by Gasteiger charge is -2.32. The fraction of sp³-hybridized carbons (Fsp3) is 0.300. The highest BCUT2D eigenvalue weighted by atomic mass is 16.2. The predicted octanol–water partition coefficient (Wildman–Crippen LogP) is 1.23. The number of aromatic nitrogens is 1. The van der Waals surface area contributed by atoms with E-state index in [4.69, 9.17) is 0 Å². The van der Waals surface area contributed by atoms with E-state index in [0.717, 1.165) is 0 Å². The quantitative estimate of drug-likeness (QED) is 0.833. The van der Waals surface area contributed by atoms with Crippen LogP contribution in [-0.4, -0.2) is 53.3 Å². The average Bonchev–Trinajstić information content (AvgIpc) is 2.73. The Bertz CT molecular complexity index is 787. The van der Waals surface area contributed by atoms with Gasteiger partial charge in [-0.25, -0.2) is 0 Å². The molecule has 1 aromatic heterocycles. The summed E-state index contributed by atoms with van der Waals surface area (Å²) in [6.07, 6.45) is 4.55. The largest absolute Gasteiger partial charge is 0.349 e. The van der Waals surface area contributed by atoms with E-state index < -0.39 is 0 Å². The summed E-state index contributed by atoms with van der Waals surface area (Å²) < 4.78 is 0. The second kappa shape index (κ2) is 8.93. The molecule has 7 nitrogen and oxygen atoms in total. The zero-order valence-corrected chi connectivity index (χ0v) is 14.9. The van der Waals surface area contributed by atoms with Crippen LogP contribution in [0.1, 0.15) is 33.6 Å². The summed E-state index contributed by atoms with van der Waals surface area (Å²) in [6.45, 7) is 1.09. The van der Waals surface area contributed by atoms with Gasteiger partial charge in [0.1, 0.15) is 0 Å². The topological polar surface area (TPSA) is 91.4 Å². The first-order valence-corrected chi connectivity index (χ1v) is 8.95. The molecular weight excluding hydrogens is 344 g/mol. The van der Waals surface area contributed by atoms with Crippen LogP contribution >= 0.6 is 0 Å². The van der Waals surface area contributed by atoms with Crippen molar-refractivity contribution in [1.82, 2.24) is 20.5 Å². The minimum absolute atomic E-state index is 0.0260. The second-order valence-corrected chi connectivity index (χ2v) is 6.41. The molecule has 2 aromatic rings. The van der Waals surface area contributed by atoms with Crippen LogP contribution in [0.15, 0.2) is 54.9 Å². The molecule has 0 bridgehead atoms. The molecule has 0 radical (unpaired) electrons. The maximum Gasteiger partial charge on any atom is 0.251 e. The number of likely N-dealkylation sites (tertiary alicyclic amines) is 1. The predicted molar refractivity (Wildman–Crippen MR) is 100 cm³/mol. The molecule has 0 saturated carbocycles. The second-order valence-electron chi connectivity index (χ2n) is 6.41. The number of rotatable bonds is 5. The smallest absolute Gasteiger partial charge is 0.251 e. The molecule has 1 saturated heterocycles. The van der Waals surface area contributed by atoms with Crippen molar-refractivity contribution in [3.8, 4) is 0 Å². The molecule has 140 valence electrons. The average molecular weight is 366 g/mol. The first kappa shape index (κ1) is 18.6. The lowest BCUT2D eigenvalue weighted by molar-refractivity contribution is -0.131. The summed E-state index contributed by atoms with van der Waals surface area (Å²) in [5.74, 6) is -0.501. The molecule has 3 amide bonds. The molecule has 1 aliphatic rings. The van der Waals surface area contributed by atoms with Gasteiger partial charge in [0.15, 0.2) is 0 Å². The highest BCUT2D eigenvalue weighted by molar-refractivity contribution is 5.96. The summed E-state index contributed by atoms with van der Waals surface area (Å²) in [4.78, 5) is 42.1. The molecule has 1 fully saturated rings. The van der Waals surface area contributed by atoms with E-state index >= 15 is 0 Å². The lowest BCUT2D eigenvalue weighted by atomic mass is 10.0. The number of carbonyl (C=O) groups excluding carboxylic acids is 3. The van der Waals surface area contributed by atoms with E-state index in [1.807, 2.05) is 6.07 Å². The van der Waals surface area contributed by atoms with Gasteiger partial charge < -0.3 is 15.5 Å². The summed E-state index contributed by atoms with van der Waals surface area (Å²) in [5, 5.41) is 5.65. The molecule has 0 unspecified atom stereocenters. The van der Waals surface area contributed by atoms with Crippen molar-refractivity contribution in [3.05, 3.63) is 66.0 Å². The Labute approximate surface area is 157 Å². The van der Waals surface area contributed by atoms with Crippen molar-refractivity contribution in [2.75, 3.05) is 19.6 Å². The van der Waals surface area contributed by atoms with Gasteiger partial charge in [-0.05, 0) is 37.1 Å². The van der Waals surface area contributed by atoms with Gasteiger partial charge in [-0.1, -0.05) is 18.2 Å². The highest BCUT2D eigenvalue weighted by Gasteiger charge is 2.24. The first-order valence-electron chi connectivity index (χ1n) is 8.95. The normalized spacial score (nSPS) is 14.4. The number of nitrogens with zero attached hydrogens (tertiary/aromatic N) is 2. The third kappa shape index (κ3) is 5.13. The summed E-state index contributed by atoms with van der Waals surface area (Å²) >= 11 is 0. The molecule has 0 aliphatic carbocycles.